The molecule has 4 aromatic carbocycles. The lowest BCUT2D eigenvalue weighted by Gasteiger charge is -2.40. The second kappa shape index (κ2) is 12.7. The van der Waals surface area contributed by atoms with E-state index in [0.29, 0.717) is 0 Å². The third-order valence-electron chi connectivity index (χ3n) is 9.22. The summed E-state index contributed by atoms with van der Waals surface area (Å²) < 4.78 is 5.51. The molecule has 40 heavy (non-hydrogen) atoms. The summed E-state index contributed by atoms with van der Waals surface area (Å²) in [5.74, 6) is 0.901. The summed E-state index contributed by atoms with van der Waals surface area (Å²) in [7, 11) is 1.51. The van der Waals surface area contributed by atoms with Crippen molar-refractivity contribution in [3.63, 3.8) is 0 Å². The fourth-order valence-corrected chi connectivity index (χ4v) is 11.1. The Kier molecular flexibility index (Phi) is 8.69. The van der Waals surface area contributed by atoms with Gasteiger partial charge in [0.15, 0.2) is 0 Å². The lowest BCUT2D eigenvalue weighted by atomic mass is 9.87. The zero-order chi connectivity index (χ0) is 27.3. The molecule has 0 heterocycles. The summed E-state index contributed by atoms with van der Waals surface area (Å²) in [6.07, 6.45) is 14.2. The summed E-state index contributed by atoms with van der Waals surface area (Å²) in [5.41, 5.74) is 11.1. The Hall–Kier alpha value is -2.89. The van der Waals surface area contributed by atoms with Crippen LogP contribution < -0.4 is 10.0 Å². The molecule has 0 spiro atoms. The molecule has 0 amide bonds. The van der Waals surface area contributed by atoms with E-state index in [4.69, 9.17) is 4.74 Å². The molecule has 0 aromatic heterocycles. The first-order valence-electron chi connectivity index (χ1n) is 15.4. The lowest BCUT2D eigenvalue weighted by Crippen LogP contribution is -2.27. The zero-order valence-corrected chi connectivity index (χ0v) is 25.1. The maximum atomic E-state index is 5.51. The first kappa shape index (κ1) is 27.3. The van der Waals surface area contributed by atoms with Gasteiger partial charge in [-0.2, -0.15) is 0 Å². The van der Waals surface area contributed by atoms with E-state index < -0.39 is 0 Å². The molecular formula is C38H43OP. The van der Waals surface area contributed by atoms with Gasteiger partial charge in [-0.3, -0.25) is 0 Å². The summed E-state index contributed by atoms with van der Waals surface area (Å²) >= 11 is 0. The lowest BCUT2D eigenvalue weighted by molar-refractivity contribution is 0.415. The van der Waals surface area contributed by atoms with Gasteiger partial charge in [0.25, 0.3) is 0 Å². The topological polar surface area (TPSA) is 9.23 Å². The third kappa shape index (κ3) is 5.77. The summed E-state index contributed by atoms with van der Waals surface area (Å²) in [4.78, 5) is 0. The van der Waals surface area contributed by atoms with Crippen LogP contribution in [0, 0.1) is 6.92 Å². The van der Waals surface area contributed by atoms with E-state index >= 15 is 0 Å². The van der Waals surface area contributed by atoms with Gasteiger partial charge in [-0.25, -0.2) is 0 Å². The predicted molar refractivity (Wildman–Crippen MR) is 174 cm³/mol. The van der Waals surface area contributed by atoms with Gasteiger partial charge >= 0.3 is 0 Å². The molecule has 0 radical (unpaired) electrons. The first-order chi connectivity index (χ1) is 19.7. The molecule has 2 aliphatic carbocycles. The molecule has 0 bridgehead atoms. The number of hydrogen-bond acceptors (Lipinski definition) is 1. The number of rotatable bonds is 7. The normalized spacial score (nSPS) is 16.8. The molecule has 0 unspecified atom stereocenters. The van der Waals surface area contributed by atoms with Crippen LogP contribution in [0.2, 0.25) is 0 Å². The highest BCUT2D eigenvalue weighted by atomic mass is 31.1. The standard InChI is InChI=1S/C38H43OP/c1-28-20-22-29(23-21-28)34-17-11-18-35(30-24-26-31(39-2)27-25-30)38(34)36-16-9-10-19-37(36)40(32-12-5-3-6-13-32)33-14-7-4-8-15-33/h9-11,16-27,32-33H,3-8,12-15H2,1-2H3. The quantitative estimate of drug-likeness (QED) is 0.210. The Bertz CT molecular complexity index is 1370. The van der Waals surface area contributed by atoms with Gasteiger partial charge in [0.2, 0.25) is 0 Å². The van der Waals surface area contributed by atoms with Crippen LogP contribution in [0.1, 0.15) is 69.8 Å². The van der Waals surface area contributed by atoms with E-state index in [1.807, 2.05) is 0 Å². The average molecular weight is 547 g/mol. The minimum Gasteiger partial charge on any atom is -0.497 e. The summed E-state index contributed by atoms with van der Waals surface area (Å²) in [6, 6.07) is 34.2. The van der Waals surface area contributed by atoms with E-state index in [0.717, 1.165) is 17.1 Å². The Morgan fingerprint density at radius 1 is 0.550 bits per heavy atom. The van der Waals surface area contributed by atoms with Crippen molar-refractivity contribution < 1.29 is 4.74 Å². The van der Waals surface area contributed by atoms with Crippen LogP contribution in [0.25, 0.3) is 33.4 Å². The van der Waals surface area contributed by atoms with Crippen molar-refractivity contribution >= 4 is 13.2 Å². The van der Waals surface area contributed by atoms with Crippen LogP contribution in [-0.2, 0) is 0 Å². The molecule has 2 saturated carbocycles. The van der Waals surface area contributed by atoms with Crippen molar-refractivity contribution in [3.05, 3.63) is 96.6 Å². The molecule has 2 heteroatoms. The molecule has 2 aliphatic rings. The van der Waals surface area contributed by atoms with Crippen LogP contribution in [0.15, 0.2) is 91.0 Å². The highest BCUT2D eigenvalue weighted by molar-refractivity contribution is 7.67. The number of aryl methyl sites for hydroxylation is 1. The Labute approximate surface area is 242 Å². The van der Waals surface area contributed by atoms with Crippen molar-refractivity contribution in [3.8, 4) is 39.1 Å². The Morgan fingerprint density at radius 2 is 1.05 bits per heavy atom. The molecule has 6 rings (SSSR count). The SMILES string of the molecule is COc1ccc(-c2cccc(-c3ccc(C)cc3)c2-c2ccccc2P(C2CCCCC2)C2CCCCC2)cc1. The fraction of sp³-hybridized carbons (Fsp3) is 0.368. The maximum Gasteiger partial charge on any atom is 0.118 e. The van der Waals surface area contributed by atoms with Crippen molar-refractivity contribution in [2.45, 2.75) is 82.4 Å². The van der Waals surface area contributed by atoms with Gasteiger partial charge < -0.3 is 4.74 Å². The van der Waals surface area contributed by atoms with Crippen LogP contribution in [0.5, 0.6) is 5.75 Å². The third-order valence-corrected chi connectivity index (χ3v) is 12.8. The monoisotopic (exact) mass is 546 g/mol. The second-order valence-corrected chi connectivity index (χ2v) is 14.6. The molecule has 206 valence electrons. The van der Waals surface area contributed by atoms with Crippen molar-refractivity contribution in [2.24, 2.45) is 0 Å². The van der Waals surface area contributed by atoms with Gasteiger partial charge in [-0.1, -0.05) is 131 Å². The van der Waals surface area contributed by atoms with E-state index in [1.54, 1.807) is 12.4 Å². The Morgan fingerprint density at radius 3 is 1.60 bits per heavy atom. The van der Waals surface area contributed by atoms with E-state index in [9.17, 15) is 0 Å². The molecule has 0 aliphatic heterocycles. The second-order valence-electron chi connectivity index (χ2n) is 11.8. The van der Waals surface area contributed by atoms with E-state index in [2.05, 4.69) is 97.9 Å². The Balaban J connectivity index is 1.57. The summed E-state index contributed by atoms with van der Waals surface area (Å²) in [5, 5.41) is 1.66. The number of methoxy groups -OCH3 is 1. The minimum absolute atomic E-state index is 0.232. The highest BCUT2D eigenvalue weighted by Gasteiger charge is 2.34. The molecule has 0 saturated heterocycles. The molecular weight excluding hydrogens is 503 g/mol. The van der Waals surface area contributed by atoms with Crippen LogP contribution in [-0.4, -0.2) is 18.4 Å². The fourth-order valence-electron chi connectivity index (χ4n) is 7.15. The van der Waals surface area contributed by atoms with Gasteiger partial charge in [-0.15, -0.1) is 0 Å². The van der Waals surface area contributed by atoms with Gasteiger partial charge in [0.05, 0.1) is 7.11 Å². The molecule has 2 fully saturated rings. The van der Waals surface area contributed by atoms with Crippen LogP contribution >= 0.6 is 7.92 Å². The van der Waals surface area contributed by atoms with E-state index in [1.165, 1.54) is 103 Å². The summed E-state index contributed by atoms with van der Waals surface area (Å²) in [6.45, 7) is 2.18. The average Bonchev–Trinajstić information content (AvgIpc) is 3.03. The van der Waals surface area contributed by atoms with Gasteiger partial charge in [0, 0.05) is 0 Å². The molecule has 1 nitrogen and oxygen atoms in total. The largest absolute Gasteiger partial charge is 0.497 e. The van der Waals surface area contributed by atoms with Gasteiger partial charge in [0.1, 0.15) is 5.75 Å². The van der Waals surface area contributed by atoms with E-state index in [-0.39, 0.29) is 7.92 Å². The highest BCUT2D eigenvalue weighted by Crippen LogP contribution is 2.57. The zero-order valence-electron chi connectivity index (χ0n) is 24.2. The minimum atomic E-state index is -0.232. The van der Waals surface area contributed by atoms with Crippen molar-refractivity contribution in [1.82, 2.24) is 0 Å². The van der Waals surface area contributed by atoms with Crippen LogP contribution in [0.3, 0.4) is 0 Å². The molecule has 0 N–H and O–H groups in total. The first-order valence-corrected chi connectivity index (χ1v) is 16.9. The molecule has 0 atom stereocenters. The number of hydrogen-bond donors (Lipinski definition) is 0. The molecule has 4 aromatic rings. The number of benzene rings is 4. The number of ether oxygens (including phenoxy) is 1. The van der Waals surface area contributed by atoms with Crippen molar-refractivity contribution in [2.75, 3.05) is 7.11 Å². The smallest absolute Gasteiger partial charge is 0.118 e. The van der Waals surface area contributed by atoms with Gasteiger partial charge in [-0.05, 0) is 94.7 Å². The van der Waals surface area contributed by atoms with Crippen molar-refractivity contribution in [1.29, 1.82) is 0 Å². The predicted octanol–water partition coefficient (Wildman–Crippen LogP) is 10.8. The maximum absolute atomic E-state index is 5.51. The van der Waals surface area contributed by atoms with Crippen LogP contribution in [0.4, 0.5) is 0 Å².